The van der Waals surface area contributed by atoms with E-state index in [1.54, 1.807) is 7.11 Å². The van der Waals surface area contributed by atoms with Crippen LogP contribution in [-0.4, -0.2) is 17.1 Å². The number of benzene rings is 1. The molecule has 1 aromatic carbocycles. The van der Waals surface area contributed by atoms with Crippen LogP contribution in [0.5, 0.6) is 5.88 Å². The van der Waals surface area contributed by atoms with Gasteiger partial charge in [-0.15, -0.1) is 0 Å². The first-order valence-corrected chi connectivity index (χ1v) is 6.22. The summed E-state index contributed by atoms with van der Waals surface area (Å²) in [7, 11) is 1.61. The summed E-state index contributed by atoms with van der Waals surface area (Å²) < 4.78 is 6.29. The lowest BCUT2D eigenvalue weighted by Crippen LogP contribution is -2.22. The Hall–Kier alpha value is -1.20. The minimum atomic E-state index is -0.343. The first-order valence-electron chi connectivity index (χ1n) is 5.43. The molecule has 4 nitrogen and oxygen atoms in total. The summed E-state index contributed by atoms with van der Waals surface area (Å²) >= 11 is 3.44. The molecule has 1 fully saturated rings. The van der Waals surface area contributed by atoms with E-state index in [-0.39, 0.29) is 5.54 Å². The topological polar surface area (TPSA) is 61.0 Å². The number of rotatable bonds is 2. The molecule has 2 aromatic rings. The number of methoxy groups -OCH3 is 1. The van der Waals surface area contributed by atoms with Crippen LogP contribution in [0.2, 0.25) is 0 Å². The molecule has 0 bridgehead atoms. The van der Waals surface area contributed by atoms with Gasteiger partial charge in [-0.1, -0.05) is 15.9 Å². The monoisotopic (exact) mass is 293 g/mol. The number of halogens is 1. The molecule has 1 aromatic heterocycles. The van der Waals surface area contributed by atoms with Gasteiger partial charge in [-0.05, 0) is 31.0 Å². The zero-order valence-corrected chi connectivity index (χ0v) is 11.0. The van der Waals surface area contributed by atoms with E-state index in [1.807, 2.05) is 18.2 Å². The van der Waals surface area contributed by atoms with E-state index in [0.29, 0.717) is 11.7 Å². The highest BCUT2D eigenvalue weighted by molar-refractivity contribution is 9.10. The van der Waals surface area contributed by atoms with Gasteiger partial charge in [-0.3, -0.25) is 0 Å². The molecule has 0 saturated heterocycles. The van der Waals surface area contributed by atoms with Crippen LogP contribution in [0.3, 0.4) is 0 Å². The Morgan fingerprint density at radius 2 is 2.12 bits per heavy atom. The van der Waals surface area contributed by atoms with Crippen LogP contribution in [-0.2, 0) is 5.54 Å². The van der Waals surface area contributed by atoms with Crippen LogP contribution in [0.4, 0.5) is 0 Å². The second-order valence-corrected chi connectivity index (χ2v) is 5.29. The Bertz CT molecular complexity index is 596. The number of nitrogens with zero attached hydrogens (tertiary/aromatic N) is 2. The van der Waals surface area contributed by atoms with E-state index in [9.17, 15) is 0 Å². The van der Waals surface area contributed by atoms with Gasteiger partial charge < -0.3 is 10.5 Å². The van der Waals surface area contributed by atoms with Crippen molar-refractivity contribution in [3.8, 4) is 5.88 Å². The Kier molecular flexibility index (Phi) is 2.34. The number of aromatic nitrogens is 2. The molecular weight excluding hydrogens is 282 g/mol. The molecule has 88 valence electrons. The lowest BCUT2D eigenvalue weighted by atomic mass is 10.2. The number of hydrogen-bond donors (Lipinski definition) is 1. The number of fused-ring (bicyclic) bond motifs is 1. The van der Waals surface area contributed by atoms with Crippen molar-refractivity contribution in [3.63, 3.8) is 0 Å². The average Bonchev–Trinajstić information content (AvgIpc) is 3.06. The van der Waals surface area contributed by atoms with Crippen molar-refractivity contribution in [2.45, 2.75) is 18.4 Å². The normalized spacial score (nSPS) is 17.1. The SMILES string of the molecule is COc1nc(C2(N)CC2)nc2cc(Br)ccc12. The third-order valence-corrected chi connectivity index (χ3v) is 3.54. The van der Waals surface area contributed by atoms with Crippen LogP contribution >= 0.6 is 15.9 Å². The highest BCUT2D eigenvalue weighted by Crippen LogP contribution is 2.42. The summed E-state index contributed by atoms with van der Waals surface area (Å²) in [5.41, 5.74) is 6.64. The van der Waals surface area contributed by atoms with Crippen LogP contribution in [0.15, 0.2) is 22.7 Å². The minimum Gasteiger partial charge on any atom is -0.480 e. The zero-order valence-electron chi connectivity index (χ0n) is 9.40. The molecule has 0 atom stereocenters. The third-order valence-electron chi connectivity index (χ3n) is 3.05. The van der Waals surface area contributed by atoms with Gasteiger partial charge in [0.25, 0.3) is 0 Å². The summed E-state index contributed by atoms with van der Waals surface area (Å²) in [4.78, 5) is 8.94. The van der Waals surface area contributed by atoms with Crippen LogP contribution in [0.25, 0.3) is 10.9 Å². The van der Waals surface area contributed by atoms with Gasteiger partial charge in [-0.25, -0.2) is 4.98 Å². The summed E-state index contributed by atoms with van der Waals surface area (Å²) in [6.45, 7) is 0. The maximum Gasteiger partial charge on any atom is 0.224 e. The second-order valence-electron chi connectivity index (χ2n) is 4.37. The highest BCUT2D eigenvalue weighted by atomic mass is 79.9. The molecule has 1 aliphatic carbocycles. The average molecular weight is 294 g/mol. The predicted molar refractivity (Wildman–Crippen MR) is 68.9 cm³/mol. The van der Waals surface area contributed by atoms with Gasteiger partial charge >= 0.3 is 0 Å². The molecule has 1 saturated carbocycles. The van der Waals surface area contributed by atoms with Gasteiger partial charge in [0.05, 0.1) is 23.6 Å². The molecule has 5 heteroatoms. The summed E-state index contributed by atoms with van der Waals surface area (Å²) in [6, 6.07) is 5.84. The maximum absolute atomic E-state index is 6.13. The second kappa shape index (κ2) is 3.65. The van der Waals surface area contributed by atoms with Crippen LogP contribution in [0, 0.1) is 0 Å². The lowest BCUT2D eigenvalue weighted by Gasteiger charge is -2.11. The van der Waals surface area contributed by atoms with Gasteiger partial charge in [0, 0.05) is 4.47 Å². The van der Waals surface area contributed by atoms with Crippen molar-refractivity contribution in [1.29, 1.82) is 0 Å². The predicted octanol–water partition coefficient (Wildman–Crippen LogP) is 2.35. The summed E-state index contributed by atoms with van der Waals surface area (Å²) in [5, 5.41) is 0.906. The van der Waals surface area contributed by atoms with Crippen LogP contribution < -0.4 is 10.5 Å². The smallest absolute Gasteiger partial charge is 0.224 e. The molecule has 2 N–H and O–H groups in total. The van der Waals surface area contributed by atoms with E-state index in [4.69, 9.17) is 10.5 Å². The van der Waals surface area contributed by atoms with Crippen molar-refractivity contribution < 1.29 is 4.74 Å². The third kappa shape index (κ3) is 1.79. The maximum atomic E-state index is 6.13. The van der Waals surface area contributed by atoms with Crippen molar-refractivity contribution >= 4 is 26.8 Å². The van der Waals surface area contributed by atoms with Crippen LogP contribution in [0.1, 0.15) is 18.7 Å². The first kappa shape index (κ1) is 10.9. The minimum absolute atomic E-state index is 0.343. The Morgan fingerprint density at radius 1 is 1.35 bits per heavy atom. The Balaban J connectivity index is 2.27. The molecular formula is C12H12BrN3O. The molecule has 17 heavy (non-hydrogen) atoms. The standard InChI is InChI=1S/C12H12BrN3O/c1-17-10-8-3-2-7(13)6-9(8)15-11(16-10)12(14)4-5-12/h2-3,6H,4-5,14H2,1H3. The number of hydrogen-bond acceptors (Lipinski definition) is 4. The van der Waals surface area contributed by atoms with Gasteiger partial charge in [0.2, 0.25) is 5.88 Å². The van der Waals surface area contributed by atoms with Crippen molar-refractivity contribution in [3.05, 3.63) is 28.5 Å². The Labute approximate surface area is 107 Å². The molecule has 0 unspecified atom stereocenters. The van der Waals surface area contributed by atoms with E-state index in [0.717, 1.165) is 28.2 Å². The molecule has 3 rings (SSSR count). The fraction of sp³-hybridized carbons (Fsp3) is 0.333. The van der Waals surface area contributed by atoms with Crippen molar-refractivity contribution in [1.82, 2.24) is 9.97 Å². The lowest BCUT2D eigenvalue weighted by molar-refractivity contribution is 0.398. The fourth-order valence-electron chi connectivity index (χ4n) is 1.81. The Morgan fingerprint density at radius 3 is 2.76 bits per heavy atom. The van der Waals surface area contributed by atoms with Crippen molar-refractivity contribution in [2.75, 3.05) is 7.11 Å². The highest BCUT2D eigenvalue weighted by Gasteiger charge is 2.43. The van der Waals surface area contributed by atoms with Gasteiger partial charge in [0.1, 0.15) is 0 Å². The molecule has 0 radical (unpaired) electrons. The zero-order chi connectivity index (χ0) is 12.0. The van der Waals surface area contributed by atoms with E-state index < -0.39 is 0 Å². The number of nitrogens with two attached hydrogens (primary N) is 1. The molecule has 0 amide bonds. The van der Waals surface area contributed by atoms with E-state index in [2.05, 4.69) is 25.9 Å². The molecule has 1 aliphatic rings. The summed E-state index contributed by atoms with van der Waals surface area (Å²) in [6.07, 6.45) is 1.88. The molecule has 0 spiro atoms. The number of ether oxygens (including phenoxy) is 1. The van der Waals surface area contributed by atoms with Gasteiger partial charge in [-0.2, -0.15) is 4.98 Å². The van der Waals surface area contributed by atoms with Gasteiger partial charge in [0.15, 0.2) is 5.82 Å². The van der Waals surface area contributed by atoms with Crippen molar-refractivity contribution in [2.24, 2.45) is 5.73 Å². The largest absolute Gasteiger partial charge is 0.480 e. The summed E-state index contributed by atoms with van der Waals surface area (Å²) in [5.74, 6) is 1.27. The quantitative estimate of drug-likeness (QED) is 0.923. The van der Waals surface area contributed by atoms with E-state index in [1.165, 1.54) is 0 Å². The van der Waals surface area contributed by atoms with E-state index >= 15 is 0 Å². The molecule has 1 heterocycles. The fourth-order valence-corrected chi connectivity index (χ4v) is 2.16. The first-order chi connectivity index (χ1) is 8.12. The molecule has 0 aliphatic heterocycles.